The maximum Gasteiger partial charge on any atom is 0.274 e. The molecule has 1 fully saturated rings. The Kier molecular flexibility index (Phi) is 6.06. The van der Waals surface area contributed by atoms with Crippen molar-refractivity contribution in [3.05, 3.63) is 52.3 Å². The van der Waals surface area contributed by atoms with Crippen LogP contribution in [0.4, 0.5) is 8.78 Å². The van der Waals surface area contributed by atoms with Crippen LogP contribution in [0.25, 0.3) is 0 Å². The van der Waals surface area contributed by atoms with Gasteiger partial charge in [-0.1, -0.05) is 23.4 Å². The van der Waals surface area contributed by atoms with Gasteiger partial charge in [-0.3, -0.25) is 9.59 Å². The molecule has 3 rings (SSSR count). The minimum Gasteiger partial charge on any atom is -0.337 e. The summed E-state index contributed by atoms with van der Waals surface area (Å²) in [5.41, 5.74) is -0.125. The Labute approximate surface area is 164 Å². The fourth-order valence-electron chi connectivity index (χ4n) is 3.00. The lowest BCUT2D eigenvalue weighted by Crippen LogP contribution is -2.41. The summed E-state index contributed by atoms with van der Waals surface area (Å²) >= 11 is 7.34. The summed E-state index contributed by atoms with van der Waals surface area (Å²) in [6, 6.07) is 2.84. The molecule has 9 heteroatoms. The van der Waals surface area contributed by atoms with Crippen LogP contribution in [0.1, 0.15) is 33.7 Å². The minimum atomic E-state index is -0.739. The average Bonchev–Trinajstić information content (AvgIpc) is 2.69. The van der Waals surface area contributed by atoms with Crippen molar-refractivity contribution in [2.75, 3.05) is 19.3 Å². The minimum absolute atomic E-state index is 0.122. The van der Waals surface area contributed by atoms with Crippen LogP contribution in [0, 0.1) is 17.6 Å². The number of carbonyl (C=O) groups excluding carboxylic acids is 2. The molecule has 0 atom stereocenters. The first kappa shape index (κ1) is 19.7. The zero-order valence-corrected chi connectivity index (χ0v) is 16.0. The standard InChI is InChI=1S/C18H16ClF2N3O2S/c1-27-18-22-9-13(19)15(23-18)17(26)24-6-4-10(5-7-24)16(25)12-8-11(20)2-3-14(12)21/h2-3,8-10H,4-7H2,1H3. The highest BCUT2D eigenvalue weighted by Crippen LogP contribution is 2.26. The van der Waals surface area contributed by atoms with Crippen LogP contribution in [0.2, 0.25) is 5.02 Å². The lowest BCUT2D eigenvalue weighted by molar-refractivity contribution is 0.0643. The first-order valence-electron chi connectivity index (χ1n) is 8.25. The number of halogens is 3. The Morgan fingerprint density at radius 3 is 2.63 bits per heavy atom. The van der Waals surface area contributed by atoms with Crippen LogP contribution in [-0.4, -0.2) is 45.9 Å². The topological polar surface area (TPSA) is 63.2 Å². The van der Waals surface area contributed by atoms with Gasteiger partial charge in [0.25, 0.3) is 5.91 Å². The summed E-state index contributed by atoms with van der Waals surface area (Å²) in [6.45, 7) is 0.613. The van der Waals surface area contributed by atoms with Crippen LogP contribution in [0.5, 0.6) is 0 Å². The number of aromatic nitrogens is 2. The molecule has 1 aliphatic rings. The summed E-state index contributed by atoms with van der Waals surface area (Å²) in [5, 5.41) is 0.604. The zero-order valence-electron chi connectivity index (χ0n) is 14.4. The van der Waals surface area contributed by atoms with E-state index in [9.17, 15) is 18.4 Å². The molecule has 0 N–H and O–H groups in total. The van der Waals surface area contributed by atoms with E-state index < -0.39 is 23.3 Å². The number of hydrogen-bond donors (Lipinski definition) is 0. The van der Waals surface area contributed by atoms with Gasteiger partial charge in [0.1, 0.15) is 11.6 Å². The average molecular weight is 412 g/mol. The molecular formula is C18H16ClF2N3O2S. The predicted molar refractivity (Wildman–Crippen MR) is 98.1 cm³/mol. The van der Waals surface area contributed by atoms with Crippen molar-refractivity contribution in [1.29, 1.82) is 0 Å². The van der Waals surface area contributed by atoms with Crippen molar-refractivity contribution < 1.29 is 18.4 Å². The van der Waals surface area contributed by atoms with Gasteiger partial charge >= 0.3 is 0 Å². The number of carbonyl (C=O) groups is 2. The maximum atomic E-state index is 13.8. The largest absolute Gasteiger partial charge is 0.337 e. The van der Waals surface area contributed by atoms with Crippen LogP contribution in [-0.2, 0) is 0 Å². The van der Waals surface area contributed by atoms with Crippen molar-refractivity contribution in [2.24, 2.45) is 5.92 Å². The molecule has 27 heavy (non-hydrogen) atoms. The van der Waals surface area contributed by atoms with Crippen LogP contribution in [0.3, 0.4) is 0 Å². The lowest BCUT2D eigenvalue weighted by atomic mass is 9.88. The molecule has 1 aromatic heterocycles. The van der Waals surface area contributed by atoms with E-state index in [-0.39, 0.29) is 22.2 Å². The number of rotatable bonds is 4. The molecule has 0 radical (unpaired) electrons. The molecular weight excluding hydrogens is 396 g/mol. The molecule has 142 valence electrons. The van der Waals surface area contributed by atoms with Crippen molar-refractivity contribution >= 4 is 35.1 Å². The van der Waals surface area contributed by atoms with Gasteiger partial charge in [0.2, 0.25) is 0 Å². The smallest absolute Gasteiger partial charge is 0.274 e. The van der Waals surface area contributed by atoms with E-state index in [1.54, 1.807) is 11.2 Å². The summed E-state index contributed by atoms with van der Waals surface area (Å²) in [7, 11) is 0. The first-order chi connectivity index (χ1) is 12.9. The van der Waals surface area contributed by atoms with E-state index in [1.165, 1.54) is 18.0 Å². The van der Waals surface area contributed by atoms with Crippen LogP contribution in [0.15, 0.2) is 29.6 Å². The molecule has 0 unspecified atom stereocenters. The Balaban J connectivity index is 1.69. The Morgan fingerprint density at radius 2 is 1.96 bits per heavy atom. The van der Waals surface area contributed by atoms with Crippen molar-refractivity contribution in [1.82, 2.24) is 14.9 Å². The lowest BCUT2D eigenvalue weighted by Gasteiger charge is -2.31. The van der Waals surface area contributed by atoms with Gasteiger partial charge in [-0.25, -0.2) is 18.7 Å². The second kappa shape index (κ2) is 8.31. The second-order valence-corrected chi connectivity index (χ2v) is 7.29. The van der Waals surface area contributed by atoms with E-state index in [0.717, 1.165) is 18.2 Å². The van der Waals surface area contributed by atoms with E-state index >= 15 is 0 Å². The van der Waals surface area contributed by atoms with Crippen LogP contribution >= 0.6 is 23.4 Å². The number of Topliss-reactive ketones (excluding diaryl/α,β-unsaturated/α-hetero) is 1. The van der Waals surface area contributed by atoms with Gasteiger partial charge < -0.3 is 4.90 Å². The highest BCUT2D eigenvalue weighted by molar-refractivity contribution is 7.98. The molecule has 1 saturated heterocycles. The number of benzene rings is 1. The number of nitrogens with zero attached hydrogens (tertiary/aromatic N) is 3. The third-order valence-electron chi connectivity index (χ3n) is 4.45. The molecule has 1 amide bonds. The van der Waals surface area contributed by atoms with Crippen molar-refractivity contribution in [2.45, 2.75) is 18.0 Å². The maximum absolute atomic E-state index is 13.8. The normalized spacial score (nSPS) is 15.0. The van der Waals surface area contributed by atoms with Gasteiger partial charge in [0, 0.05) is 19.0 Å². The second-order valence-electron chi connectivity index (χ2n) is 6.11. The van der Waals surface area contributed by atoms with E-state index in [1.807, 2.05) is 0 Å². The van der Waals surface area contributed by atoms with E-state index in [4.69, 9.17) is 11.6 Å². The molecule has 0 bridgehead atoms. The number of piperidine rings is 1. The highest BCUT2D eigenvalue weighted by Gasteiger charge is 2.31. The fourth-order valence-corrected chi connectivity index (χ4v) is 3.51. The number of likely N-dealkylation sites (tertiary alicyclic amines) is 1. The third-order valence-corrected chi connectivity index (χ3v) is 5.29. The highest BCUT2D eigenvalue weighted by atomic mass is 35.5. The van der Waals surface area contributed by atoms with E-state index in [2.05, 4.69) is 9.97 Å². The molecule has 2 aromatic rings. The predicted octanol–water partition coefficient (Wildman–Crippen LogP) is 3.87. The molecule has 0 aliphatic carbocycles. The quantitative estimate of drug-likeness (QED) is 0.434. The van der Waals surface area contributed by atoms with Gasteiger partial charge in [0.15, 0.2) is 16.6 Å². The molecule has 5 nitrogen and oxygen atoms in total. The van der Waals surface area contributed by atoms with Crippen molar-refractivity contribution in [3.8, 4) is 0 Å². The molecule has 2 heterocycles. The molecule has 1 aromatic carbocycles. The van der Waals surface area contributed by atoms with E-state index in [0.29, 0.717) is 31.1 Å². The molecule has 1 aliphatic heterocycles. The number of thioether (sulfide) groups is 1. The van der Waals surface area contributed by atoms with Gasteiger partial charge in [-0.15, -0.1) is 0 Å². The fraction of sp³-hybridized carbons (Fsp3) is 0.333. The SMILES string of the molecule is CSc1ncc(Cl)c(C(=O)N2CCC(C(=O)c3cc(F)ccc3F)CC2)n1. The summed E-state index contributed by atoms with van der Waals surface area (Å²) in [6.07, 6.45) is 3.90. The van der Waals surface area contributed by atoms with Gasteiger partial charge in [0.05, 0.1) is 16.8 Å². The molecule has 0 saturated carbocycles. The van der Waals surface area contributed by atoms with Gasteiger partial charge in [-0.2, -0.15) is 0 Å². The summed E-state index contributed by atoms with van der Waals surface area (Å²) < 4.78 is 27.2. The zero-order chi connectivity index (χ0) is 19.6. The monoisotopic (exact) mass is 411 g/mol. The van der Waals surface area contributed by atoms with Crippen molar-refractivity contribution in [3.63, 3.8) is 0 Å². The first-order valence-corrected chi connectivity index (χ1v) is 9.86. The van der Waals surface area contributed by atoms with Crippen LogP contribution < -0.4 is 0 Å². The Bertz CT molecular complexity index is 889. The van der Waals surface area contributed by atoms with Gasteiger partial charge in [-0.05, 0) is 37.3 Å². The summed E-state index contributed by atoms with van der Waals surface area (Å²) in [4.78, 5) is 34.9. The number of amides is 1. The summed E-state index contributed by atoms with van der Waals surface area (Å²) in [5.74, 6) is -2.63. The number of ketones is 1. The number of hydrogen-bond acceptors (Lipinski definition) is 5. The Hall–Kier alpha value is -2.06. The third kappa shape index (κ3) is 4.27. The molecule has 0 spiro atoms. The Morgan fingerprint density at radius 1 is 1.26 bits per heavy atom.